The molecule has 0 aliphatic heterocycles. The van der Waals surface area contributed by atoms with Crippen LogP contribution in [0.15, 0.2) is 18.2 Å². The van der Waals surface area contributed by atoms with E-state index in [9.17, 15) is 4.79 Å². The second-order valence-corrected chi connectivity index (χ2v) is 3.30. The molecule has 0 heterocycles. The van der Waals surface area contributed by atoms with E-state index >= 15 is 0 Å². The summed E-state index contributed by atoms with van der Waals surface area (Å²) in [5, 5.41) is 9.02. The molecule has 90 valence electrons. The highest BCUT2D eigenvalue weighted by atomic mass is 16.5. The molecule has 0 radical (unpaired) electrons. The number of aromatic carboxylic acids is 1. The Morgan fingerprint density at radius 3 is 2.88 bits per heavy atom. The number of benzene rings is 1. The van der Waals surface area contributed by atoms with Gasteiger partial charge in [0, 0.05) is 6.42 Å². The molecule has 4 nitrogen and oxygen atoms in total. The standard InChI is InChI=1S/C13H14O4/c1-3-4-5-9-17-12-10(13(14)15)7-6-8-11(12)16-2/h1,6-8H,4-5,9H2,2H3,(H,14,15). The highest BCUT2D eigenvalue weighted by Gasteiger charge is 2.15. The Kier molecular flexibility index (Phi) is 4.89. The van der Waals surface area contributed by atoms with E-state index in [0.29, 0.717) is 25.2 Å². The molecular weight excluding hydrogens is 220 g/mol. The van der Waals surface area contributed by atoms with Crippen molar-refractivity contribution in [2.75, 3.05) is 13.7 Å². The van der Waals surface area contributed by atoms with E-state index in [1.165, 1.54) is 13.2 Å². The molecule has 0 saturated carbocycles. The second kappa shape index (κ2) is 6.44. The summed E-state index contributed by atoms with van der Waals surface area (Å²) in [4.78, 5) is 11.0. The molecule has 0 atom stereocenters. The van der Waals surface area contributed by atoms with Crippen molar-refractivity contribution >= 4 is 5.97 Å². The normalized spacial score (nSPS) is 9.41. The molecule has 0 aliphatic rings. The Morgan fingerprint density at radius 2 is 2.29 bits per heavy atom. The molecule has 1 aromatic rings. The molecule has 0 aromatic heterocycles. The monoisotopic (exact) mass is 234 g/mol. The number of rotatable bonds is 6. The van der Waals surface area contributed by atoms with E-state index in [1.807, 2.05) is 0 Å². The summed E-state index contributed by atoms with van der Waals surface area (Å²) in [6.07, 6.45) is 6.39. The van der Waals surface area contributed by atoms with E-state index in [1.54, 1.807) is 12.1 Å². The molecule has 0 spiro atoms. The summed E-state index contributed by atoms with van der Waals surface area (Å²) in [7, 11) is 1.47. The van der Waals surface area contributed by atoms with Crippen molar-refractivity contribution in [1.29, 1.82) is 0 Å². The average molecular weight is 234 g/mol. The third kappa shape index (κ3) is 3.42. The number of para-hydroxylation sites is 1. The molecular formula is C13H14O4. The first kappa shape index (κ1) is 12.9. The maximum Gasteiger partial charge on any atom is 0.339 e. The van der Waals surface area contributed by atoms with E-state index in [2.05, 4.69) is 5.92 Å². The average Bonchev–Trinajstić information content (AvgIpc) is 2.34. The molecule has 1 aromatic carbocycles. The SMILES string of the molecule is C#CCCCOc1c(OC)cccc1C(=O)O. The van der Waals surface area contributed by atoms with Crippen molar-refractivity contribution in [3.63, 3.8) is 0 Å². The summed E-state index contributed by atoms with van der Waals surface area (Å²) < 4.78 is 10.5. The zero-order chi connectivity index (χ0) is 12.7. The van der Waals surface area contributed by atoms with Crippen LogP contribution in [0.1, 0.15) is 23.2 Å². The Morgan fingerprint density at radius 1 is 1.53 bits per heavy atom. The lowest BCUT2D eigenvalue weighted by Gasteiger charge is -2.12. The van der Waals surface area contributed by atoms with E-state index in [-0.39, 0.29) is 11.3 Å². The fourth-order valence-corrected chi connectivity index (χ4v) is 1.34. The number of hydrogen-bond acceptors (Lipinski definition) is 3. The first-order chi connectivity index (χ1) is 8.20. The van der Waals surface area contributed by atoms with Crippen molar-refractivity contribution in [3.05, 3.63) is 23.8 Å². The number of carboxylic acid groups (broad SMARTS) is 1. The van der Waals surface area contributed by atoms with E-state index < -0.39 is 5.97 Å². The van der Waals surface area contributed by atoms with Crippen LogP contribution < -0.4 is 9.47 Å². The summed E-state index contributed by atoms with van der Waals surface area (Å²) in [6.45, 7) is 0.366. The van der Waals surface area contributed by atoms with Gasteiger partial charge in [-0.1, -0.05) is 6.07 Å². The second-order valence-electron chi connectivity index (χ2n) is 3.30. The summed E-state index contributed by atoms with van der Waals surface area (Å²) in [5.41, 5.74) is 0.0880. The number of hydrogen-bond donors (Lipinski definition) is 1. The molecule has 1 rings (SSSR count). The van der Waals surface area contributed by atoms with Gasteiger partial charge in [0.15, 0.2) is 11.5 Å². The highest BCUT2D eigenvalue weighted by molar-refractivity contribution is 5.92. The highest BCUT2D eigenvalue weighted by Crippen LogP contribution is 2.31. The first-order valence-corrected chi connectivity index (χ1v) is 5.17. The van der Waals surface area contributed by atoms with Gasteiger partial charge in [0.1, 0.15) is 5.56 Å². The maximum atomic E-state index is 11.0. The van der Waals surface area contributed by atoms with Crippen LogP contribution in [0.2, 0.25) is 0 Å². The van der Waals surface area contributed by atoms with Gasteiger partial charge in [-0.3, -0.25) is 0 Å². The molecule has 0 unspecified atom stereocenters. The minimum absolute atomic E-state index is 0.0880. The summed E-state index contributed by atoms with van der Waals surface area (Å²) in [6, 6.07) is 4.74. The lowest BCUT2D eigenvalue weighted by Crippen LogP contribution is -2.06. The van der Waals surface area contributed by atoms with Crippen molar-refractivity contribution in [1.82, 2.24) is 0 Å². The predicted octanol–water partition coefficient (Wildman–Crippen LogP) is 2.19. The fraction of sp³-hybridized carbons (Fsp3) is 0.308. The third-order valence-electron chi connectivity index (χ3n) is 2.14. The molecule has 0 amide bonds. The first-order valence-electron chi connectivity index (χ1n) is 5.17. The Hall–Kier alpha value is -2.15. The Balaban J connectivity index is 2.86. The minimum atomic E-state index is -1.05. The number of carboxylic acids is 1. The van der Waals surface area contributed by atoms with Crippen molar-refractivity contribution in [2.24, 2.45) is 0 Å². The van der Waals surface area contributed by atoms with Gasteiger partial charge < -0.3 is 14.6 Å². The minimum Gasteiger partial charge on any atom is -0.493 e. The quantitative estimate of drug-likeness (QED) is 0.605. The summed E-state index contributed by atoms with van der Waals surface area (Å²) in [5.74, 6) is 2.10. The molecule has 1 N–H and O–H groups in total. The van der Waals surface area contributed by atoms with Crippen LogP contribution >= 0.6 is 0 Å². The maximum absolute atomic E-state index is 11.0. The van der Waals surface area contributed by atoms with Gasteiger partial charge in [-0.15, -0.1) is 12.3 Å². The smallest absolute Gasteiger partial charge is 0.339 e. The van der Waals surface area contributed by atoms with Crippen LogP contribution in [0.4, 0.5) is 0 Å². The lowest BCUT2D eigenvalue weighted by atomic mass is 10.2. The molecule has 0 bridgehead atoms. The van der Waals surface area contributed by atoms with Gasteiger partial charge >= 0.3 is 5.97 Å². The molecule has 0 aliphatic carbocycles. The zero-order valence-electron chi connectivity index (χ0n) is 9.60. The predicted molar refractivity (Wildman–Crippen MR) is 63.5 cm³/mol. The van der Waals surface area contributed by atoms with E-state index in [0.717, 1.165) is 0 Å². The van der Waals surface area contributed by atoms with E-state index in [4.69, 9.17) is 21.0 Å². The van der Waals surface area contributed by atoms with Crippen LogP contribution in [0.5, 0.6) is 11.5 Å². The van der Waals surface area contributed by atoms with Gasteiger partial charge in [-0.2, -0.15) is 0 Å². The molecule has 17 heavy (non-hydrogen) atoms. The lowest BCUT2D eigenvalue weighted by molar-refractivity contribution is 0.0691. The van der Waals surface area contributed by atoms with Crippen LogP contribution in [0.25, 0.3) is 0 Å². The largest absolute Gasteiger partial charge is 0.493 e. The summed E-state index contributed by atoms with van der Waals surface area (Å²) >= 11 is 0. The topological polar surface area (TPSA) is 55.8 Å². The molecule has 0 fully saturated rings. The van der Waals surface area contributed by atoms with Crippen molar-refractivity contribution in [2.45, 2.75) is 12.8 Å². The van der Waals surface area contributed by atoms with Gasteiger partial charge in [0.25, 0.3) is 0 Å². The fourth-order valence-electron chi connectivity index (χ4n) is 1.34. The molecule has 0 saturated heterocycles. The number of terminal acetylenes is 1. The zero-order valence-corrected chi connectivity index (χ0v) is 9.60. The molecule has 4 heteroatoms. The number of unbranched alkanes of at least 4 members (excludes halogenated alkanes) is 1. The van der Waals surface area contributed by atoms with Crippen molar-refractivity contribution in [3.8, 4) is 23.8 Å². The van der Waals surface area contributed by atoms with Gasteiger partial charge in [0.2, 0.25) is 0 Å². The van der Waals surface area contributed by atoms with Gasteiger partial charge in [-0.25, -0.2) is 4.79 Å². The number of methoxy groups -OCH3 is 1. The van der Waals surface area contributed by atoms with Gasteiger partial charge in [0.05, 0.1) is 13.7 Å². The Bertz CT molecular complexity index is 432. The number of ether oxygens (including phenoxy) is 2. The van der Waals surface area contributed by atoms with Crippen LogP contribution in [0, 0.1) is 12.3 Å². The van der Waals surface area contributed by atoms with Gasteiger partial charge in [-0.05, 0) is 18.6 Å². The Labute approximate surface area is 100 Å². The van der Waals surface area contributed by atoms with Crippen molar-refractivity contribution < 1.29 is 19.4 Å². The third-order valence-corrected chi connectivity index (χ3v) is 2.14. The van der Waals surface area contributed by atoms with Crippen LogP contribution in [-0.4, -0.2) is 24.8 Å². The van der Waals surface area contributed by atoms with Crippen LogP contribution in [0.3, 0.4) is 0 Å². The van der Waals surface area contributed by atoms with Crippen LogP contribution in [-0.2, 0) is 0 Å². The number of carbonyl (C=O) groups is 1.